The number of benzene rings is 10. The molecule has 15 aromatic rings. The third-order valence-corrected chi connectivity index (χ3v) is 27.5. The smallest absolute Gasteiger partial charge is 0.234 e. The van der Waals surface area contributed by atoms with E-state index in [-0.39, 0.29) is 99.1 Å². The fourth-order valence-corrected chi connectivity index (χ4v) is 19.6. The van der Waals surface area contributed by atoms with E-state index >= 15 is 0 Å². The number of phenolic OH excluding ortho intramolecular Hbond substituents is 5. The lowest BCUT2D eigenvalue weighted by Crippen LogP contribution is -2.47. The Morgan fingerprint density at radius 2 is 0.662 bits per heavy atom. The number of hydrogen-bond donors (Lipinski definition) is 15. The van der Waals surface area contributed by atoms with Crippen LogP contribution in [0.1, 0.15) is 97.4 Å². The fraction of sp³-hybridized carbons (Fsp3) is 0.236. The number of halogens is 3. The second kappa shape index (κ2) is 41.4. The van der Waals surface area contributed by atoms with Crippen LogP contribution in [0.2, 0.25) is 5.02 Å². The highest BCUT2D eigenvalue weighted by Gasteiger charge is 2.33. The minimum atomic E-state index is -0.390. The summed E-state index contributed by atoms with van der Waals surface area (Å²) >= 11 is 9.56. The molecule has 0 bridgehead atoms. The first-order valence-corrected chi connectivity index (χ1v) is 48.5. The van der Waals surface area contributed by atoms with Gasteiger partial charge in [0.05, 0.1) is 118 Å². The van der Waals surface area contributed by atoms with E-state index in [1.165, 1.54) is 24.3 Å². The molecule has 0 spiro atoms. The number of nitrogens with one attached hydrogen (secondary N) is 5. The van der Waals surface area contributed by atoms with Crippen molar-refractivity contribution < 1.29 is 82.3 Å². The van der Waals surface area contributed by atoms with Crippen LogP contribution in [0.5, 0.6) is 57.5 Å². The molecule has 738 valence electrons. The van der Waals surface area contributed by atoms with Crippen molar-refractivity contribution in [3.05, 3.63) is 264 Å². The molecule has 0 aliphatic carbocycles. The van der Waals surface area contributed by atoms with E-state index in [4.69, 9.17) is 33.7 Å². The predicted molar refractivity (Wildman–Crippen MR) is 550 cm³/mol. The predicted octanol–water partition coefficient (Wildman–Crippen LogP) is 20.9. The molecule has 15 N–H and O–H groups in total. The zero-order chi connectivity index (χ0) is 99.8. The molecule has 15 heterocycles. The van der Waals surface area contributed by atoms with Gasteiger partial charge in [0.2, 0.25) is 5.91 Å². The largest absolute Gasteiger partial charge is 0.507 e. The van der Waals surface area contributed by atoms with E-state index in [0.717, 1.165) is 149 Å². The molecule has 10 aliphatic heterocycles. The van der Waals surface area contributed by atoms with Crippen LogP contribution in [0.25, 0.3) is 114 Å². The summed E-state index contributed by atoms with van der Waals surface area (Å²) in [5.41, 5.74) is 15.8. The second-order valence-corrected chi connectivity index (χ2v) is 37.3. The summed E-state index contributed by atoms with van der Waals surface area (Å²) in [7, 11) is 0. The molecule has 39 heteroatoms. The second-order valence-electron chi connectivity index (χ2n) is 36.0. The van der Waals surface area contributed by atoms with Crippen LogP contribution in [0, 0.1) is 5.82 Å². The molecule has 5 saturated heterocycles. The number of aromatic hydroxyl groups is 10. The lowest BCUT2D eigenvalue weighted by molar-refractivity contribution is -0.124. The molecule has 5 fully saturated rings. The Balaban J connectivity index is 0.000000107. The number of carbonyl (C=O) groups excluding carboxylic acids is 1. The first kappa shape index (κ1) is 95.6. The van der Waals surface area contributed by atoms with Crippen LogP contribution >= 0.6 is 27.5 Å². The van der Waals surface area contributed by atoms with Crippen LogP contribution in [-0.4, -0.2) is 206 Å². The summed E-state index contributed by atoms with van der Waals surface area (Å²) in [5, 5.41) is 167. The number of phenols is 5. The molecule has 5 aromatic heterocycles. The van der Waals surface area contributed by atoms with E-state index in [1.54, 1.807) is 103 Å². The monoisotopic (exact) mass is 2040 g/mol. The minimum Gasteiger partial charge on any atom is -0.507 e. The first-order valence-electron chi connectivity index (χ1n) is 47.3. The van der Waals surface area contributed by atoms with E-state index in [1.807, 2.05) is 71.6 Å². The van der Waals surface area contributed by atoms with Gasteiger partial charge in [0, 0.05) is 218 Å². The Kier molecular flexibility index (Phi) is 27.3. The number of piperazine rings is 5. The lowest BCUT2D eigenvalue weighted by Gasteiger charge is -2.33. The van der Waals surface area contributed by atoms with E-state index < -0.39 is 0 Å². The topological polar surface area (TPSA) is 485 Å². The third kappa shape index (κ3) is 19.9. The zero-order valence-electron chi connectivity index (χ0n) is 78.1. The van der Waals surface area contributed by atoms with Crippen molar-refractivity contribution in [1.29, 1.82) is 0 Å². The molecular formula is C106H97BrClFN20O16. The standard InChI is InChI=1S/C22H22N4O3.C21H19BrN4O3.C21H19ClN4O3.C21H19FN4O3.C21H18N4O4/c1-13(26-10-8-23-9-11-26)20-18(27)7-6-15-21(28)19(29-22(15)20)12-17-14-4-2-3-5-16(14)24-25-17;3*22-12-1-3-16-14(9-12)17(25-24-16)10-19-20(28)13-2-4-18(27)15(21(13)29-19)11-26-7-5-23-6-8-26;26-17-6-5-13-20(28)18(9-16-12-3-1-2-4-15(12)23-24-16)29-21(13)14(17)10-25-8-7-22-19(27)11-25/h2-7,12-13,23,27-28H,8-11H2,1H3;3*1-4,9-10,23,27-28H,5-8,11H2;1-6,9,26,28H,7-8,10-11H2,(H,22,27). The molecule has 1 atom stereocenters. The summed E-state index contributed by atoms with van der Waals surface area (Å²) in [6.07, 6.45) is 8.20. The van der Waals surface area contributed by atoms with Gasteiger partial charge in [-0.05, 0) is 134 Å². The Labute approximate surface area is 839 Å². The molecule has 0 saturated carbocycles. The zero-order valence-corrected chi connectivity index (χ0v) is 80.4. The number of fused-ring (bicyclic) bond motifs is 10. The van der Waals surface area contributed by atoms with Crippen LogP contribution < -0.4 is 26.6 Å². The van der Waals surface area contributed by atoms with E-state index in [0.29, 0.717) is 184 Å². The summed E-state index contributed by atoms with van der Waals surface area (Å²) in [6, 6.07) is 46.6. The Hall–Kier alpha value is -15.6. The molecule has 145 heavy (non-hydrogen) atoms. The SMILES string of the molecule is CC(c1c(O)ccc2c(O)c(C=C3N=Nc4ccccc43)oc12)N1CCNCC1.O=C1CN(Cc2c(O)ccc3c(O)c(C=C4N=Nc5ccccc54)oc23)CCN1.Oc1ccc2c(O)c(C=C3N=Nc4ccc(Br)cc43)oc2c1CN1CCNCC1.Oc1ccc2c(O)c(C=C3N=Nc4ccc(Cl)cc43)oc2c1CN1CCNCC1.Oc1ccc2c(O)c(C=C3N=Nc4ccc(F)cc43)oc2c1CN1CCNCC1. The van der Waals surface area contributed by atoms with Crippen molar-refractivity contribution in [1.82, 2.24) is 51.1 Å². The van der Waals surface area contributed by atoms with Gasteiger partial charge in [0.15, 0.2) is 57.5 Å². The number of rotatable bonds is 15. The number of carbonyl (C=O) groups is 1. The number of azo groups is 5. The molecule has 1 amide bonds. The Morgan fingerprint density at radius 3 is 1.06 bits per heavy atom. The number of amides is 1. The first-order chi connectivity index (χ1) is 70.5. The van der Waals surface area contributed by atoms with Crippen molar-refractivity contribution in [2.24, 2.45) is 51.1 Å². The normalized spacial score (nSPS) is 18.2. The van der Waals surface area contributed by atoms with Crippen LogP contribution in [-0.2, 0) is 31.0 Å². The summed E-state index contributed by atoms with van der Waals surface area (Å²) in [6.45, 7) is 19.8. The van der Waals surface area contributed by atoms with Crippen molar-refractivity contribution in [3.63, 3.8) is 0 Å². The van der Waals surface area contributed by atoms with Gasteiger partial charge in [-0.1, -0.05) is 63.9 Å². The molecule has 25 rings (SSSR count). The number of hydrogen-bond acceptors (Lipinski definition) is 35. The number of nitrogens with zero attached hydrogens (tertiary/aromatic N) is 15. The van der Waals surface area contributed by atoms with Gasteiger partial charge >= 0.3 is 0 Å². The van der Waals surface area contributed by atoms with Gasteiger partial charge in [0.1, 0.15) is 62.5 Å². The summed E-state index contributed by atoms with van der Waals surface area (Å²) in [4.78, 5) is 22.6. The summed E-state index contributed by atoms with van der Waals surface area (Å²) in [5.74, 6) is 1.56. The molecule has 36 nitrogen and oxygen atoms in total. The van der Waals surface area contributed by atoms with Gasteiger partial charge in [-0.3, -0.25) is 29.3 Å². The maximum atomic E-state index is 13.6. The van der Waals surface area contributed by atoms with Crippen molar-refractivity contribution in [2.75, 3.05) is 124 Å². The van der Waals surface area contributed by atoms with Gasteiger partial charge in [-0.2, -0.15) is 0 Å². The van der Waals surface area contributed by atoms with E-state index in [2.05, 4.69) is 120 Å². The van der Waals surface area contributed by atoms with Gasteiger partial charge in [0.25, 0.3) is 0 Å². The van der Waals surface area contributed by atoms with Gasteiger partial charge in [-0.15, -0.1) is 51.1 Å². The van der Waals surface area contributed by atoms with Crippen LogP contribution in [0.4, 0.5) is 32.8 Å². The fourth-order valence-electron chi connectivity index (χ4n) is 19.0. The summed E-state index contributed by atoms with van der Waals surface area (Å²) < 4.78 is 44.5. The lowest BCUT2D eigenvalue weighted by atomic mass is 10.0. The molecule has 10 aliphatic rings. The molecule has 10 aromatic carbocycles. The van der Waals surface area contributed by atoms with Crippen molar-refractivity contribution in [2.45, 2.75) is 39.1 Å². The average molecular weight is 2040 g/mol. The van der Waals surface area contributed by atoms with Crippen molar-refractivity contribution >= 4 is 176 Å². The third-order valence-electron chi connectivity index (χ3n) is 26.7. The van der Waals surface area contributed by atoms with Crippen LogP contribution in [0.15, 0.2) is 241 Å². The number of furan rings is 5. The molecular weight excluding hydrogens is 1940 g/mol. The highest BCUT2D eigenvalue weighted by molar-refractivity contribution is 9.10. The quantitative estimate of drug-likeness (QED) is 0.0453. The highest BCUT2D eigenvalue weighted by atomic mass is 79.9. The Bertz CT molecular complexity index is 7530. The maximum Gasteiger partial charge on any atom is 0.234 e. The average Bonchev–Trinajstić information content (AvgIpc) is 1.63. The van der Waals surface area contributed by atoms with Gasteiger partial charge in [-0.25, -0.2) is 4.39 Å². The van der Waals surface area contributed by atoms with Crippen molar-refractivity contribution in [3.8, 4) is 57.5 Å². The Morgan fingerprint density at radius 1 is 0.352 bits per heavy atom. The maximum absolute atomic E-state index is 13.6. The van der Waals surface area contributed by atoms with Gasteiger partial charge < -0.3 is 99.7 Å². The molecule has 0 radical (unpaired) electrons. The minimum absolute atomic E-state index is 0.0136. The van der Waals surface area contributed by atoms with Crippen LogP contribution in [0.3, 0.4) is 0 Å². The molecule has 1 unspecified atom stereocenters. The van der Waals surface area contributed by atoms with E-state index in [9.17, 15) is 60.3 Å². The highest BCUT2D eigenvalue weighted by Crippen LogP contribution is 2.51.